The number of nitrogens with one attached hydrogen (secondary N) is 3. The number of phenols is 4. The number of imide groups is 1. The predicted octanol–water partition coefficient (Wildman–Crippen LogP) is 12.0. The third-order valence-electron chi connectivity index (χ3n) is 14.3. The zero-order valence-corrected chi connectivity index (χ0v) is 40.0. The molecule has 2 aliphatic carbocycles. The topological polar surface area (TPSA) is 198 Å². The van der Waals surface area contributed by atoms with E-state index in [2.05, 4.69) is 16.0 Å². The summed E-state index contributed by atoms with van der Waals surface area (Å²) in [4.78, 5) is 54.2. The summed E-state index contributed by atoms with van der Waals surface area (Å²) in [5.74, 6) is -10.2. The van der Waals surface area contributed by atoms with Crippen molar-refractivity contribution in [2.75, 3.05) is 27.9 Å². The molecule has 1 saturated carbocycles. The summed E-state index contributed by atoms with van der Waals surface area (Å²) in [7, 11) is 1.15. The zero-order chi connectivity index (χ0) is 57.5. The van der Waals surface area contributed by atoms with Gasteiger partial charge in [0.25, 0.3) is 11.8 Å². The highest BCUT2D eigenvalue weighted by Gasteiger charge is 2.74. The van der Waals surface area contributed by atoms with Crippen LogP contribution in [0, 0.1) is 23.7 Å². The van der Waals surface area contributed by atoms with E-state index < -0.39 is 151 Å². The van der Waals surface area contributed by atoms with E-state index in [-0.39, 0.29) is 34.8 Å². The Labute approximate surface area is 437 Å². The minimum atomic E-state index is -6.25. The molecule has 0 radical (unpaired) electrons. The highest BCUT2D eigenvalue weighted by molar-refractivity contribution is 6.23. The fraction of sp³-hybridized carbons (Fsp3) is 0.222. The Morgan fingerprint density at radius 1 is 0.481 bits per heavy atom. The van der Waals surface area contributed by atoms with Gasteiger partial charge in [0.1, 0.15) is 34.5 Å². The number of rotatable bonds is 12. The Hall–Kier alpha value is -8.90. The smallest absolute Gasteiger partial charge is 0.411 e. The van der Waals surface area contributed by atoms with Crippen molar-refractivity contribution >= 4 is 46.4 Å². The minimum Gasteiger partial charge on any atom is -0.506 e. The summed E-state index contributed by atoms with van der Waals surface area (Å²) < 4.78 is 187. The number of amides is 4. The molecule has 2 fully saturated rings. The monoisotopic (exact) mass is 1110 g/mol. The average molecular weight is 1110 g/mol. The lowest BCUT2D eigenvalue weighted by Crippen LogP contribution is -2.54. The van der Waals surface area contributed by atoms with Crippen molar-refractivity contribution < 1.29 is 97.0 Å². The predicted molar refractivity (Wildman–Crippen MR) is 257 cm³/mol. The molecule has 0 aromatic heterocycles. The second-order valence-electron chi connectivity index (χ2n) is 18.7. The van der Waals surface area contributed by atoms with Gasteiger partial charge in [0.05, 0.1) is 34.6 Å². The molecule has 0 spiro atoms. The Kier molecular flexibility index (Phi) is 13.4. The molecule has 2 bridgehead atoms. The van der Waals surface area contributed by atoms with E-state index in [1.165, 1.54) is 24.3 Å². The van der Waals surface area contributed by atoms with E-state index in [1.54, 1.807) is 12.2 Å². The number of anilines is 4. The maximum atomic E-state index is 15.4. The number of benzene rings is 6. The summed E-state index contributed by atoms with van der Waals surface area (Å²) in [5.41, 5.74) is -19.3. The number of hydrogen-bond acceptors (Lipinski definition) is 10. The van der Waals surface area contributed by atoms with Crippen molar-refractivity contribution in [1.29, 1.82) is 0 Å². The molecule has 4 amide bonds. The van der Waals surface area contributed by atoms with Crippen molar-refractivity contribution in [3.8, 4) is 34.5 Å². The van der Waals surface area contributed by atoms with Crippen LogP contribution >= 0.6 is 0 Å². The Bertz CT molecular complexity index is 3410. The molecule has 1 heterocycles. The first-order chi connectivity index (χ1) is 36.9. The number of phenolic OH excluding ortho intramolecular Hbond substituents is 4. The third kappa shape index (κ3) is 8.98. The molecule has 7 N–H and O–H groups in total. The molecule has 9 rings (SSSR count). The molecule has 79 heavy (non-hydrogen) atoms. The zero-order valence-electron chi connectivity index (χ0n) is 40.0. The summed E-state index contributed by atoms with van der Waals surface area (Å²) in [6.45, 7) is 0. The number of hydrogen-bond donors (Lipinski definition) is 7. The quantitative estimate of drug-likeness (QED) is 0.0268. The van der Waals surface area contributed by atoms with E-state index in [0.29, 0.717) is 72.0 Å². The minimum absolute atomic E-state index is 0.000691. The highest BCUT2D eigenvalue weighted by atomic mass is 19.4. The van der Waals surface area contributed by atoms with E-state index in [4.69, 9.17) is 4.74 Å². The first-order valence-electron chi connectivity index (χ1n) is 23.3. The van der Waals surface area contributed by atoms with Crippen LogP contribution in [-0.2, 0) is 20.4 Å². The molecule has 4 unspecified atom stereocenters. The van der Waals surface area contributed by atoms with Crippen LogP contribution in [0.15, 0.2) is 133 Å². The lowest BCUT2D eigenvalue weighted by Gasteiger charge is -2.39. The number of carbonyl (C=O) groups is 4. The molecular weight excluding hydrogens is 1080 g/mol. The van der Waals surface area contributed by atoms with Gasteiger partial charge in [-0.3, -0.25) is 19.2 Å². The lowest BCUT2D eigenvalue weighted by molar-refractivity contribution is -0.290. The number of ether oxygens (including phenoxy) is 1. The van der Waals surface area contributed by atoms with E-state index in [0.717, 1.165) is 31.3 Å². The van der Waals surface area contributed by atoms with Crippen LogP contribution in [-0.4, -0.2) is 75.8 Å². The Morgan fingerprint density at radius 3 is 1.16 bits per heavy atom. The molecule has 412 valence electrons. The second kappa shape index (κ2) is 19.2. The summed E-state index contributed by atoms with van der Waals surface area (Å²) in [6, 6.07) is 14.1. The molecule has 1 saturated heterocycles. The van der Waals surface area contributed by atoms with Gasteiger partial charge in [0, 0.05) is 18.2 Å². The van der Waals surface area contributed by atoms with Gasteiger partial charge in [0.15, 0.2) is 0 Å². The van der Waals surface area contributed by atoms with Crippen molar-refractivity contribution in [3.05, 3.63) is 167 Å². The molecule has 3 aliphatic rings. The van der Waals surface area contributed by atoms with Crippen molar-refractivity contribution in [3.63, 3.8) is 0 Å². The maximum absolute atomic E-state index is 15.4. The molecule has 25 heteroatoms. The SMILES string of the molecule is CNc1cc(C(c2ccc(O)c(NC(=O)c3ccc(Oc4ccc(C(=O)Nc5cc(C(c6ccc(O)c(N7C(=O)C8C9C=CC(C9)C8C7=O)c6)(C(F)(F)F)C(F)(F)F)ccc5O)cc4)cc3)c2)(C(F)(F)F)C(F)(F)F)ccc1O. The van der Waals surface area contributed by atoms with Gasteiger partial charge in [0.2, 0.25) is 22.6 Å². The van der Waals surface area contributed by atoms with Crippen LogP contribution in [0.4, 0.5) is 75.4 Å². The molecule has 4 atom stereocenters. The highest BCUT2D eigenvalue weighted by Crippen LogP contribution is 2.60. The van der Waals surface area contributed by atoms with Crippen molar-refractivity contribution in [1.82, 2.24) is 0 Å². The van der Waals surface area contributed by atoms with Gasteiger partial charge in [-0.2, -0.15) is 52.7 Å². The Morgan fingerprint density at radius 2 is 0.810 bits per heavy atom. The van der Waals surface area contributed by atoms with Crippen molar-refractivity contribution in [2.24, 2.45) is 23.7 Å². The maximum Gasteiger partial charge on any atom is 0.411 e. The second-order valence-corrected chi connectivity index (χ2v) is 18.7. The average Bonchev–Trinajstić information content (AvgIpc) is 4.27. The standard InChI is InChI=1S/C54H38F12N4O9/c1-67-35-21-29(8-16-39(35)71)49(51(55,56)57,52(58,59)60)30-9-17-40(72)36(22-30)68-45(75)25-4-12-33(13-5-25)79-34-14-6-26(7-15-34)46(76)69-37-23-31(10-18-41(37)73)50(53(61,62)63,54(64,65)66)32-11-19-42(74)38(24-32)70-47(77)43-27-2-3-28(20-27)44(43)48(70)78/h2-19,21-24,27-28,43-44,67,71-74H,20H2,1H3,(H,68,75)(H,69,76). The first-order valence-corrected chi connectivity index (χ1v) is 23.3. The summed E-state index contributed by atoms with van der Waals surface area (Å²) in [6.07, 6.45) is -20.8. The molecule has 6 aromatic carbocycles. The number of nitrogens with zero attached hydrogens (tertiary/aromatic N) is 1. The van der Waals surface area contributed by atoms with E-state index in [9.17, 15) is 65.9 Å². The summed E-state index contributed by atoms with van der Waals surface area (Å²) in [5, 5.41) is 48.3. The van der Waals surface area contributed by atoms with Crippen LogP contribution < -0.4 is 25.6 Å². The van der Waals surface area contributed by atoms with Gasteiger partial charge < -0.3 is 41.1 Å². The number of allylic oxidation sites excluding steroid dienone is 2. The fourth-order valence-electron chi connectivity index (χ4n) is 10.6. The van der Waals surface area contributed by atoms with Crippen LogP contribution in [0.5, 0.6) is 34.5 Å². The lowest BCUT2D eigenvalue weighted by atomic mass is 9.72. The normalized spacial score (nSPS) is 18.4. The van der Waals surface area contributed by atoms with Gasteiger partial charge in [-0.15, -0.1) is 0 Å². The first kappa shape index (κ1) is 54.9. The van der Waals surface area contributed by atoms with Gasteiger partial charge in [-0.1, -0.05) is 36.4 Å². The van der Waals surface area contributed by atoms with Crippen LogP contribution in [0.3, 0.4) is 0 Å². The van der Waals surface area contributed by atoms with Crippen LogP contribution in [0.2, 0.25) is 0 Å². The number of carbonyl (C=O) groups excluding carboxylic acids is 4. The number of alkyl halides is 12. The third-order valence-corrected chi connectivity index (χ3v) is 14.3. The molecule has 13 nitrogen and oxygen atoms in total. The fourth-order valence-corrected chi connectivity index (χ4v) is 10.6. The van der Waals surface area contributed by atoms with Crippen LogP contribution in [0.1, 0.15) is 49.4 Å². The molecule has 6 aromatic rings. The van der Waals surface area contributed by atoms with Gasteiger partial charge >= 0.3 is 24.7 Å². The summed E-state index contributed by atoms with van der Waals surface area (Å²) >= 11 is 0. The van der Waals surface area contributed by atoms with E-state index in [1.807, 2.05) is 0 Å². The molecular formula is C54H38F12N4O9. The van der Waals surface area contributed by atoms with Gasteiger partial charge in [-0.25, -0.2) is 4.90 Å². The number of fused-ring (bicyclic) bond motifs is 5. The number of halogens is 12. The van der Waals surface area contributed by atoms with E-state index >= 15 is 26.3 Å². The van der Waals surface area contributed by atoms with Crippen LogP contribution in [0.25, 0.3) is 0 Å². The largest absolute Gasteiger partial charge is 0.506 e. The van der Waals surface area contributed by atoms with Crippen molar-refractivity contribution in [2.45, 2.75) is 42.0 Å². The van der Waals surface area contributed by atoms with Gasteiger partial charge in [-0.05, 0) is 138 Å². The Balaban J connectivity index is 0.917. The molecule has 1 aliphatic heterocycles. The number of aromatic hydroxyl groups is 4.